The summed E-state index contributed by atoms with van der Waals surface area (Å²) in [7, 11) is 1.55. The van der Waals surface area contributed by atoms with E-state index in [1.165, 1.54) is 19.3 Å². The molecule has 0 aromatic heterocycles. The molecule has 1 aromatic carbocycles. The molecule has 0 atom stereocenters. The first-order valence-corrected chi connectivity index (χ1v) is 6.82. The highest BCUT2D eigenvalue weighted by atomic mass is 16.5. The monoisotopic (exact) mass is 262 g/mol. The Hall–Kier alpha value is -1.71. The summed E-state index contributed by atoms with van der Waals surface area (Å²) in [6.45, 7) is 2.92. The highest BCUT2D eigenvalue weighted by Gasteiger charge is 2.35. The Morgan fingerprint density at radius 3 is 2.74 bits per heavy atom. The fraction of sp³-hybridized carbons (Fsp3) is 0.533. The first-order valence-electron chi connectivity index (χ1n) is 6.82. The molecule has 19 heavy (non-hydrogen) atoms. The Morgan fingerprint density at radius 2 is 2.21 bits per heavy atom. The van der Waals surface area contributed by atoms with E-state index in [0.29, 0.717) is 22.4 Å². The summed E-state index contributed by atoms with van der Waals surface area (Å²) >= 11 is 0. The maximum atomic E-state index is 12.2. The number of rotatable bonds is 5. The van der Waals surface area contributed by atoms with Gasteiger partial charge in [0.25, 0.3) is 5.91 Å². The van der Waals surface area contributed by atoms with E-state index >= 15 is 0 Å². The second kappa shape index (κ2) is 5.51. The van der Waals surface area contributed by atoms with E-state index in [0.717, 1.165) is 13.0 Å². The average molecular weight is 262 g/mol. The molecule has 0 spiro atoms. The first-order chi connectivity index (χ1) is 9.12. The van der Waals surface area contributed by atoms with Crippen LogP contribution in [0.15, 0.2) is 18.2 Å². The molecule has 1 aliphatic rings. The van der Waals surface area contributed by atoms with Crippen molar-refractivity contribution >= 4 is 11.6 Å². The summed E-state index contributed by atoms with van der Waals surface area (Å²) in [5.41, 5.74) is 7.13. The third-order valence-corrected chi connectivity index (χ3v) is 4.32. The van der Waals surface area contributed by atoms with Gasteiger partial charge in [0.1, 0.15) is 5.75 Å². The molecule has 2 rings (SSSR count). The zero-order valence-electron chi connectivity index (χ0n) is 11.7. The number of ether oxygens (including phenoxy) is 1. The second-order valence-electron chi connectivity index (χ2n) is 5.31. The van der Waals surface area contributed by atoms with Gasteiger partial charge >= 0.3 is 0 Å². The van der Waals surface area contributed by atoms with Crippen molar-refractivity contribution in [3.63, 3.8) is 0 Å². The lowest BCUT2D eigenvalue weighted by Crippen LogP contribution is -2.41. The Bertz CT molecular complexity index is 462. The smallest absolute Gasteiger partial charge is 0.253 e. The van der Waals surface area contributed by atoms with Crippen LogP contribution >= 0.6 is 0 Å². The van der Waals surface area contributed by atoms with E-state index in [4.69, 9.17) is 10.5 Å². The summed E-state index contributed by atoms with van der Waals surface area (Å²) < 4.78 is 5.13. The molecule has 0 bridgehead atoms. The molecule has 0 radical (unpaired) electrons. The third kappa shape index (κ3) is 2.67. The van der Waals surface area contributed by atoms with Gasteiger partial charge in [-0.1, -0.05) is 19.4 Å². The number of benzene rings is 1. The zero-order chi connectivity index (χ0) is 13.9. The molecule has 3 N–H and O–H groups in total. The maximum Gasteiger partial charge on any atom is 0.253 e. The van der Waals surface area contributed by atoms with Crippen LogP contribution in [0, 0.1) is 5.41 Å². The van der Waals surface area contributed by atoms with Gasteiger partial charge < -0.3 is 15.8 Å². The Balaban J connectivity index is 2.04. The molecular weight excluding hydrogens is 240 g/mol. The summed E-state index contributed by atoms with van der Waals surface area (Å²) in [6.07, 6.45) is 4.79. The number of amides is 1. The highest BCUT2D eigenvalue weighted by Crippen LogP contribution is 2.43. The van der Waals surface area contributed by atoms with Crippen LogP contribution in [0.2, 0.25) is 0 Å². The van der Waals surface area contributed by atoms with Gasteiger partial charge in [0.05, 0.1) is 18.4 Å². The van der Waals surface area contributed by atoms with Gasteiger partial charge in [0.15, 0.2) is 0 Å². The molecular formula is C15H22N2O2. The van der Waals surface area contributed by atoms with E-state index < -0.39 is 0 Å². The van der Waals surface area contributed by atoms with Crippen molar-refractivity contribution in [3.8, 4) is 5.75 Å². The van der Waals surface area contributed by atoms with Crippen LogP contribution in [0.1, 0.15) is 43.0 Å². The molecule has 0 unspecified atom stereocenters. The Kier molecular flexibility index (Phi) is 3.98. The van der Waals surface area contributed by atoms with Crippen molar-refractivity contribution in [2.24, 2.45) is 5.41 Å². The maximum absolute atomic E-state index is 12.2. The predicted octanol–water partition coefficient (Wildman–Crippen LogP) is 2.59. The fourth-order valence-corrected chi connectivity index (χ4v) is 2.62. The van der Waals surface area contributed by atoms with Gasteiger partial charge in [0, 0.05) is 6.54 Å². The number of hydrogen-bond donors (Lipinski definition) is 2. The van der Waals surface area contributed by atoms with Crippen molar-refractivity contribution in [2.45, 2.75) is 32.6 Å². The van der Waals surface area contributed by atoms with Crippen molar-refractivity contribution in [3.05, 3.63) is 23.8 Å². The number of nitrogens with one attached hydrogen (secondary N) is 1. The molecule has 0 aliphatic heterocycles. The van der Waals surface area contributed by atoms with E-state index in [1.807, 2.05) is 0 Å². The minimum atomic E-state index is -0.115. The van der Waals surface area contributed by atoms with Crippen LogP contribution in [0.5, 0.6) is 5.75 Å². The summed E-state index contributed by atoms with van der Waals surface area (Å²) in [4.78, 5) is 12.2. The number of nitrogens with two attached hydrogens (primary N) is 1. The normalized spacial score (nSPS) is 16.5. The molecule has 1 fully saturated rings. The lowest BCUT2D eigenvalue weighted by molar-refractivity contribution is 0.0850. The number of anilines is 1. The molecule has 4 nitrogen and oxygen atoms in total. The number of methoxy groups -OCH3 is 1. The van der Waals surface area contributed by atoms with Gasteiger partial charge in [-0.15, -0.1) is 0 Å². The van der Waals surface area contributed by atoms with Gasteiger partial charge in [-0.25, -0.2) is 0 Å². The average Bonchev–Trinajstić information content (AvgIpc) is 2.38. The summed E-state index contributed by atoms with van der Waals surface area (Å²) in [5.74, 6) is 0.428. The fourth-order valence-electron chi connectivity index (χ4n) is 2.62. The van der Waals surface area contributed by atoms with Gasteiger partial charge in [-0.2, -0.15) is 0 Å². The highest BCUT2D eigenvalue weighted by molar-refractivity contribution is 6.00. The lowest BCUT2D eigenvalue weighted by Gasteiger charge is -2.41. The Labute approximate surface area is 114 Å². The van der Waals surface area contributed by atoms with Crippen LogP contribution in [0.25, 0.3) is 0 Å². The van der Waals surface area contributed by atoms with Crippen LogP contribution in [0.4, 0.5) is 5.69 Å². The van der Waals surface area contributed by atoms with E-state index in [2.05, 4.69) is 12.2 Å². The number of hydrogen-bond acceptors (Lipinski definition) is 3. The number of nitrogen functional groups attached to an aromatic ring is 1. The third-order valence-electron chi connectivity index (χ3n) is 4.32. The molecule has 1 aliphatic carbocycles. The number of carbonyl (C=O) groups excluding carboxylic acids is 1. The van der Waals surface area contributed by atoms with Crippen molar-refractivity contribution in [2.75, 3.05) is 19.4 Å². The molecule has 104 valence electrons. The van der Waals surface area contributed by atoms with Crippen molar-refractivity contribution in [1.29, 1.82) is 0 Å². The molecule has 4 heteroatoms. The minimum Gasteiger partial charge on any atom is -0.495 e. The first kappa shape index (κ1) is 13.7. The van der Waals surface area contributed by atoms with Crippen LogP contribution < -0.4 is 15.8 Å². The molecule has 0 heterocycles. The number of para-hydroxylation sites is 1. The van der Waals surface area contributed by atoms with Gasteiger partial charge in [-0.05, 0) is 36.8 Å². The lowest BCUT2D eigenvalue weighted by atomic mass is 9.67. The topological polar surface area (TPSA) is 64.3 Å². The second-order valence-corrected chi connectivity index (χ2v) is 5.31. The predicted molar refractivity (Wildman–Crippen MR) is 76.3 cm³/mol. The SMILES string of the molecule is CCC1(CNC(=O)c2cccc(OC)c2N)CCC1. The van der Waals surface area contributed by atoms with Crippen LogP contribution in [0.3, 0.4) is 0 Å². The quantitative estimate of drug-likeness (QED) is 0.802. The molecule has 1 saturated carbocycles. The van der Waals surface area contributed by atoms with Gasteiger partial charge in [-0.3, -0.25) is 4.79 Å². The standard InChI is InChI=1S/C15H22N2O2/c1-3-15(8-5-9-15)10-17-14(18)11-6-4-7-12(19-2)13(11)16/h4,6-7H,3,5,8-10,16H2,1-2H3,(H,17,18). The Morgan fingerprint density at radius 1 is 1.47 bits per heavy atom. The summed E-state index contributed by atoms with van der Waals surface area (Å²) in [5, 5.41) is 3.01. The van der Waals surface area contributed by atoms with Crippen molar-refractivity contribution in [1.82, 2.24) is 5.32 Å². The number of carbonyl (C=O) groups is 1. The van der Waals surface area contributed by atoms with Crippen LogP contribution in [-0.2, 0) is 0 Å². The molecule has 0 saturated heterocycles. The molecule has 1 amide bonds. The minimum absolute atomic E-state index is 0.115. The summed E-state index contributed by atoms with van der Waals surface area (Å²) in [6, 6.07) is 5.27. The largest absolute Gasteiger partial charge is 0.495 e. The van der Waals surface area contributed by atoms with E-state index in [9.17, 15) is 4.79 Å². The zero-order valence-corrected chi connectivity index (χ0v) is 11.7. The van der Waals surface area contributed by atoms with Crippen molar-refractivity contribution < 1.29 is 9.53 Å². The van der Waals surface area contributed by atoms with E-state index in [-0.39, 0.29) is 5.91 Å². The van der Waals surface area contributed by atoms with Gasteiger partial charge in [0.2, 0.25) is 0 Å². The van der Waals surface area contributed by atoms with E-state index in [1.54, 1.807) is 25.3 Å². The van der Waals surface area contributed by atoms with Crippen LogP contribution in [-0.4, -0.2) is 19.6 Å². The molecule has 1 aromatic rings.